The van der Waals surface area contributed by atoms with Crippen LogP contribution in [0.25, 0.3) is 111 Å². The fraction of sp³-hybridized carbons (Fsp3) is 0. The Hall–Kier alpha value is -7.42. The van der Waals surface area contributed by atoms with E-state index < -0.39 is 0 Å². The van der Waals surface area contributed by atoms with E-state index in [2.05, 4.69) is 194 Å². The minimum Gasteiger partial charge on any atom is -0.228 e. The Balaban J connectivity index is 1.01. The lowest BCUT2D eigenvalue weighted by atomic mass is 9.88. The summed E-state index contributed by atoms with van der Waals surface area (Å²) in [5, 5.41) is 5.09. The van der Waals surface area contributed by atoms with E-state index in [-0.39, 0.29) is 0 Å². The third-order valence-corrected chi connectivity index (χ3v) is 11.2. The summed E-state index contributed by atoms with van der Waals surface area (Å²) >= 11 is 0. The second-order valence-electron chi connectivity index (χ2n) is 14.5. The summed E-state index contributed by atoms with van der Waals surface area (Å²) in [5.41, 5.74) is 17.3. The van der Waals surface area contributed by atoms with E-state index in [0.29, 0.717) is 5.82 Å². The highest BCUT2D eigenvalue weighted by atomic mass is 14.9. The molecular weight excluding hydrogens is 677 g/mol. The van der Waals surface area contributed by atoms with E-state index in [0.717, 1.165) is 33.6 Å². The fourth-order valence-electron chi connectivity index (χ4n) is 8.54. The van der Waals surface area contributed by atoms with Crippen molar-refractivity contribution in [1.82, 2.24) is 9.97 Å². The Bertz CT molecular complexity index is 3050. The van der Waals surface area contributed by atoms with Crippen molar-refractivity contribution >= 4 is 21.5 Å². The van der Waals surface area contributed by atoms with Crippen molar-refractivity contribution in [1.29, 1.82) is 0 Å². The molecule has 0 spiro atoms. The van der Waals surface area contributed by atoms with Crippen molar-refractivity contribution in [2.45, 2.75) is 0 Å². The van der Waals surface area contributed by atoms with Crippen molar-refractivity contribution in [2.75, 3.05) is 0 Å². The minimum atomic E-state index is 0.705. The molecule has 1 aromatic heterocycles. The molecule has 9 aromatic carbocycles. The van der Waals surface area contributed by atoms with E-state index in [1.165, 1.54) is 71.6 Å². The van der Waals surface area contributed by atoms with Gasteiger partial charge in [-0.2, -0.15) is 0 Å². The Morgan fingerprint density at radius 2 is 0.804 bits per heavy atom. The highest BCUT2D eigenvalue weighted by molar-refractivity contribution is 6.15. The molecule has 0 fully saturated rings. The van der Waals surface area contributed by atoms with Gasteiger partial charge >= 0.3 is 0 Å². The summed E-state index contributed by atoms with van der Waals surface area (Å²) in [4.78, 5) is 10.2. The molecule has 0 atom stereocenters. The Kier molecular flexibility index (Phi) is 7.53. The first-order valence-electron chi connectivity index (χ1n) is 19.1. The van der Waals surface area contributed by atoms with Crippen LogP contribution in [0.4, 0.5) is 0 Å². The molecule has 0 saturated heterocycles. The molecule has 0 unspecified atom stereocenters. The van der Waals surface area contributed by atoms with Crippen molar-refractivity contribution in [2.24, 2.45) is 0 Å². The zero-order valence-corrected chi connectivity index (χ0v) is 30.5. The van der Waals surface area contributed by atoms with Crippen LogP contribution in [0.5, 0.6) is 0 Å². The molecule has 1 heterocycles. The van der Waals surface area contributed by atoms with Crippen LogP contribution in [0.3, 0.4) is 0 Å². The SMILES string of the molecule is c1ccc(-c2cc(-c3ccccc3)nc(-c3ccc(-c4c(-c5cccc(-c6ccc7c(c6)-c6cccc8cccc-7c68)c5)ccc5ccccc45)cc3)n2)cc1. The lowest BCUT2D eigenvalue weighted by Gasteiger charge is -2.16. The molecule has 0 N–H and O–H groups in total. The van der Waals surface area contributed by atoms with Crippen LogP contribution in [0.2, 0.25) is 0 Å². The number of fused-ring (bicyclic) bond motifs is 4. The number of hydrogen-bond donors (Lipinski definition) is 0. The number of rotatable bonds is 6. The number of benzene rings is 9. The molecule has 0 saturated carbocycles. The van der Waals surface area contributed by atoms with Crippen LogP contribution in [0.15, 0.2) is 206 Å². The van der Waals surface area contributed by atoms with E-state index in [4.69, 9.17) is 9.97 Å². The molecule has 0 amide bonds. The van der Waals surface area contributed by atoms with Gasteiger partial charge in [0, 0.05) is 16.7 Å². The van der Waals surface area contributed by atoms with Gasteiger partial charge in [-0.05, 0) is 95.4 Å². The number of hydrogen-bond acceptors (Lipinski definition) is 2. The molecule has 0 bridgehead atoms. The average Bonchev–Trinajstić information content (AvgIpc) is 3.60. The Morgan fingerprint density at radius 3 is 1.54 bits per heavy atom. The van der Waals surface area contributed by atoms with Crippen molar-refractivity contribution in [3.63, 3.8) is 0 Å². The standard InChI is InChI=1S/C54H34N2/c1-3-13-36(14-4-1)50-34-51(37-15-5-2-6-16-37)56-54(55-50)40-26-24-39(25-27-40)52-44-21-8-7-12-35(44)28-30-45(52)43-20-9-19-41(32-43)42-29-31-46-47-22-10-17-38-18-11-23-48(53(38)47)49(46)33-42/h1-34H. The van der Waals surface area contributed by atoms with Gasteiger partial charge in [-0.1, -0.05) is 188 Å². The minimum absolute atomic E-state index is 0.705. The topological polar surface area (TPSA) is 25.8 Å². The highest BCUT2D eigenvalue weighted by Gasteiger charge is 2.22. The third kappa shape index (κ3) is 5.42. The van der Waals surface area contributed by atoms with Gasteiger partial charge in [0.2, 0.25) is 0 Å². The maximum Gasteiger partial charge on any atom is 0.160 e. The lowest BCUT2D eigenvalue weighted by molar-refractivity contribution is 1.18. The van der Waals surface area contributed by atoms with Gasteiger partial charge in [-0.25, -0.2) is 9.97 Å². The largest absolute Gasteiger partial charge is 0.228 e. The van der Waals surface area contributed by atoms with Crippen LogP contribution in [-0.2, 0) is 0 Å². The van der Waals surface area contributed by atoms with Gasteiger partial charge < -0.3 is 0 Å². The molecular formula is C54H34N2. The van der Waals surface area contributed by atoms with Crippen LogP contribution < -0.4 is 0 Å². The van der Waals surface area contributed by atoms with Gasteiger partial charge in [0.05, 0.1) is 11.4 Å². The molecule has 56 heavy (non-hydrogen) atoms. The molecule has 260 valence electrons. The molecule has 2 nitrogen and oxygen atoms in total. The smallest absolute Gasteiger partial charge is 0.160 e. The second kappa shape index (κ2) is 13.2. The highest BCUT2D eigenvalue weighted by Crippen LogP contribution is 2.48. The van der Waals surface area contributed by atoms with E-state index in [1.807, 2.05) is 12.1 Å². The average molecular weight is 711 g/mol. The molecule has 10 aromatic rings. The first-order chi connectivity index (χ1) is 27.7. The van der Waals surface area contributed by atoms with Crippen LogP contribution in [0.1, 0.15) is 0 Å². The Morgan fingerprint density at radius 1 is 0.268 bits per heavy atom. The van der Waals surface area contributed by atoms with E-state index >= 15 is 0 Å². The van der Waals surface area contributed by atoms with Crippen LogP contribution >= 0.6 is 0 Å². The second-order valence-corrected chi connectivity index (χ2v) is 14.5. The first kappa shape index (κ1) is 32.0. The quantitative estimate of drug-likeness (QED) is 0.172. The van der Waals surface area contributed by atoms with Gasteiger partial charge in [0.1, 0.15) is 0 Å². The summed E-state index contributed by atoms with van der Waals surface area (Å²) in [6.45, 7) is 0. The summed E-state index contributed by atoms with van der Waals surface area (Å²) in [6, 6.07) is 74.0. The molecule has 2 heteroatoms. The number of nitrogens with zero attached hydrogens (tertiary/aromatic N) is 2. The van der Waals surface area contributed by atoms with Gasteiger partial charge in [-0.3, -0.25) is 0 Å². The molecule has 11 rings (SSSR count). The summed E-state index contributed by atoms with van der Waals surface area (Å²) in [7, 11) is 0. The van der Waals surface area contributed by atoms with Crippen molar-refractivity contribution in [3.8, 4) is 89.5 Å². The Labute approximate surface area is 326 Å². The molecule has 0 aliphatic heterocycles. The third-order valence-electron chi connectivity index (χ3n) is 11.2. The molecule has 0 radical (unpaired) electrons. The maximum atomic E-state index is 5.09. The van der Waals surface area contributed by atoms with Crippen molar-refractivity contribution < 1.29 is 0 Å². The van der Waals surface area contributed by atoms with Gasteiger partial charge in [-0.15, -0.1) is 0 Å². The summed E-state index contributed by atoms with van der Waals surface area (Å²) in [5.74, 6) is 0.705. The fourth-order valence-corrected chi connectivity index (χ4v) is 8.54. The van der Waals surface area contributed by atoms with Gasteiger partial charge in [0.15, 0.2) is 5.82 Å². The summed E-state index contributed by atoms with van der Waals surface area (Å²) < 4.78 is 0. The lowest BCUT2D eigenvalue weighted by Crippen LogP contribution is -1.96. The monoisotopic (exact) mass is 710 g/mol. The van der Waals surface area contributed by atoms with Crippen LogP contribution in [-0.4, -0.2) is 9.97 Å². The predicted molar refractivity (Wildman–Crippen MR) is 234 cm³/mol. The number of aromatic nitrogens is 2. The zero-order chi connectivity index (χ0) is 37.0. The molecule has 1 aliphatic carbocycles. The normalized spacial score (nSPS) is 11.6. The molecule has 1 aliphatic rings. The zero-order valence-electron chi connectivity index (χ0n) is 30.5. The predicted octanol–water partition coefficient (Wildman–Crippen LogP) is 14.4. The van der Waals surface area contributed by atoms with Gasteiger partial charge in [0.25, 0.3) is 0 Å². The van der Waals surface area contributed by atoms with Crippen LogP contribution in [0, 0.1) is 0 Å². The summed E-state index contributed by atoms with van der Waals surface area (Å²) in [6.07, 6.45) is 0. The van der Waals surface area contributed by atoms with E-state index in [1.54, 1.807) is 0 Å². The first-order valence-corrected chi connectivity index (χ1v) is 19.1. The van der Waals surface area contributed by atoms with Crippen molar-refractivity contribution in [3.05, 3.63) is 206 Å². The maximum absolute atomic E-state index is 5.09. The van der Waals surface area contributed by atoms with E-state index in [9.17, 15) is 0 Å².